The molecule has 19 heteroatoms. The van der Waals surface area contributed by atoms with Crippen LogP contribution in [0.3, 0.4) is 0 Å². The first-order valence-electron chi connectivity index (χ1n) is 12.0. The fourth-order valence-electron chi connectivity index (χ4n) is 4.00. The Hall–Kier alpha value is -5.05. The number of hydrogen-bond acceptors (Lipinski definition) is 7. The molecule has 2 amide bonds. The monoisotopic (exact) mass is 643 g/mol. The molecule has 11 nitrogen and oxygen atoms in total. The van der Waals surface area contributed by atoms with Crippen LogP contribution in [0.5, 0.6) is 0 Å². The SMILES string of the molecule is CNC(=O)c1cc(C#N)cc(C)c1NC(=O)c1cc(Cn2ncc(C(F)(C(F)(F)F)C(F)(F)F)n2)nn1-c1ncccc1Cl. The van der Waals surface area contributed by atoms with E-state index >= 15 is 0 Å². The van der Waals surface area contributed by atoms with Gasteiger partial charge in [0.25, 0.3) is 11.8 Å². The molecule has 0 saturated carbocycles. The maximum Gasteiger partial charge on any atom is 0.437 e. The molecule has 230 valence electrons. The molecular formula is C25H17ClF7N9O2. The van der Waals surface area contributed by atoms with Gasteiger partial charge in [-0.3, -0.25) is 9.59 Å². The number of amides is 2. The lowest BCUT2D eigenvalue weighted by atomic mass is 10.0. The van der Waals surface area contributed by atoms with Crippen molar-refractivity contribution in [3.05, 3.63) is 81.5 Å². The minimum Gasteiger partial charge on any atom is -0.355 e. The molecule has 2 N–H and O–H groups in total. The highest BCUT2D eigenvalue weighted by Crippen LogP contribution is 2.52. The number of nitrogens with one attached hydrogen (secondary N) is 2. The van der Waals surface area contributed by atoms with Crippen LogP contribution < -0.4 is 10.6 Å². The number of nitriles is 1. The third-order valence-corrected chi connectivity index (χ3v) is 6.38. The van der Waals surface area contributed by atoms with Gasteiger partial charge in [0.15, 0.2) is 5.82 Å². The number of aromatic nitrogens is 6. The van der Waals surface area contributed by atoms with Crippen molar-refractivity contribution in [2.45, 2.75) is 31.5 Å². The lowest BCUT2D eigenvalue weighted by molar-refractivity contribution is -0.350. The highest BCUT2D eigenvalue weighted by Gasteiger charge is 2.75. The van der Waals surface area contributed by atoms with E-state index in [1.807, 2.05) is 6.07 Å². The molecule has 0 fully saturated rings. The van der Waals surface area contributed by atoms with Gasteiger partial charge < -0.3 is 10.6 Å². The molecule has 0 bridgehead atoms. The topological polar surface area (TPSA) is 143 Å². The van der Waals surface area contributed by atoms with Crippen LogP contribution in [0.4, 0.5) is 36.4 Å². The van der Waals surface area contributed by atoms with Crippen LogP contribution in [0.15, 0.2) is 42.7 Å². The molecule has 44 heavy (non-hydrogen) atoms. The van der Waals surface area contributed by atoms with E-state index in [4.69, 9.17) is 11.6 Å². The van der Waals surface area contributed by atoms with Crippen LogP contribution >= 0.6 is 11.6 Å². The van der Waals surface area contributed by atoms with Crippen molar-refractivity contribution < 1.29 is 40.3 Å². The Bertz CT molecular complexity index is 1780. The molecule has 0 radical (unpaired) electrons. The summed E-state index contributed by atoms with van der Waals surface area (Å²) in [5.41, 5.74) is -7.92. The summed E-state index contributed by atoms with van der Waals surface area (Å²) in [6, 6.07) is 8.50. The standard InChI is InChI=1S/C25H17ClF7N9O2/c1-12-6-13(9-34)7-15(21(43)35-2)19(12)38-22(44)17-8-14(39-42(17)20-16(26)4-3-5-36-20)11-41-37-10-18(40-41)23(27,24(28,29)30)25(31,32)33/h3-8,10H,11H2,1-2H3,(H,35,43)(H,38,44). The van der Waals surface area contributed by atoms with E-state index in [0.717, 1.165) is 10.7 Å². The summed E-state index contributed by atoms with van der Waals surface area (Å²) >= 11 is 6.22. The van der Waals surface area contributed by atoms with E-state index in [-0.39, 0.29) is 45.2 Å². The second-order valence-electron chi connectivity index (χ2n) is 9.02. The van der Waals surface area contributed by atoms with Crippen LogP contribution in [-0.2, 0) is 12.2 Å². The van der Waals surface area contributed by atoms with E-state index in [1.165, 1.54) is 44.4 Å². The minimum absolute atomic E-state index is 0.00567. The van der Waals surface area contributed by atoms with Gasteiger partial charge in [0.2, 0.25) is 0 Å². The van der Waals surface area contributed by atoms with Crippen molar-refractivity contribution >= 4 is 29.1 Å². The molecule has 0 spiro atoms. The molecule has 0 aliphatic heterocycles. The molecule has 0 saturated heterocycles. The van der Waals surface area contributed by atoms with Gasteiger partial charge in [-0.15, -0.1) is 0 Å². The van der Waals surface area contributed by atoms with Gasteiger partial charge in [0.1, 0.15) is 17.9 Å². The van der Waals surface area contributed by atoms with Crippen LogP contribution in [-0.4, -0.2) is 61.0 Å². The van der Waals surface area contributed by atoms with Gasteiger partial charge in [-0.05, 0) is 42.8 Å². The van der Waals surface area contributed by atoms with E-state index in [0.29, 0.717) is 10.4 Å². The number of hydrogen-bond donors (Lipinski definition) is 2. The largest absolute Gasteiger partial charge is 0.437 e. The van der Waals surface area contributed by atoms with E-state index < -0.39 is 42.1 Å². The molecule has 3 aromatic heterocycles. The number of halogens is 8. The lowest BCUT2D eigenvalue weighted by Crippen LogP contribution is -2.50. The molecule has 0 aliphatic carbocycles. The van der Waals surface area contributed by atoms with E-state index in [1.54, 1.807) is 0 Å². The molecule has 4 aromatic rings. The minimum atomic E-state index is -6.40. The predicted molar refractivity (Wildman–Crippen MR) is 138 cm³/mol. The lowest BCUT2D eigenvalue weighted by Gasteiger charge is -2.27. The van der Waals surface area contributed by atoms with Crippen molar-refractivity contribution in [2.75, 3.05) is 12.4 Å². The molecule has 1 aromatic carbocycles. The first kappa shape index (κ1) is 31.9. The molecule has 0 atom stereocenters. The number of carbonyl (C=O) groups is 2. The second-order valence-corrected chi connectivity index (χ2v) is 9.42. The van der Waals surface area contributed by atoms with Gasteiger partial charge in [0.05, 0.1) is 39.8 Å². The van der Waals surface area contributed by atoms with Crippen molar-refractivity contribution in [1.29, 1.82) is 5.26 Å². The third-order valence-electron chi connectivity index (χ3n) is 6.08. The maximum absolute atomic E-state index is 14.4. The normalized spacial score (nSPS) is 12.1. The Morgan fingerprint density at radius 2 is 1.73 bits per heavy atom. The molecule has 3 heterocycles. The van der Waals surface area contributed by atoms with Crippen LogP contribution in [0.2, 0.25) is 5.02 Å². The Balaban J connectivity index is 1.77. The Morgan fingerprint density at radius 3 is 2.32 bits per heavy atom. The van der Waals surface area contributed by atoms with Crippen LogP contribution in [0.25, 0.3) is 5.82 Å². The number of pyridine rings is 1. The van der Waals surface area contributed by atoms with Crippen LogP contribution in [0.1, 0.15) is 43.4 Å². The fourth-order valence-corrected chi connectivity index (χ4v) is 4.20. The van der Waals surface area contributed by atoms with Crippen LogP contribution in [0, 0.1) is 18.3 Å². The number of rotatable bonds is 7. The van der Waals surface area contributed by atoms with Gasteiger partial charge in [-0.2, -0.15) is 51.7 Å². The second kappa shape index (κ2) is 11.6. The summed E-state index contributed by atoms with van der Waals surface area (Å²) in [5.74, 6) is -1.64. The zero-order valence-corrected chi connectivity index (χ0v) is 23.0. The highest BCUT2D eigenvalue weighted by molar-refractivity contribution is 6.32. The summed E-state index contributed by atoms with van der Waals surface area (Å²) < 4.78 is 94.3. The average Bonchev–Trinajstić information content (AvgIpc) is 3.59. The first-order valence-corrected chi connectivity index (χ1v) is 12.4. The number of alkyl halides is 7. The third kappa shape index (κ3) is 5.77. The van der Waals surface area contributed by atoms with Gasteiger partial charge in [-0.25, -0.2) is 14.1 Å². The Labute approximate surface area is 247 Å². The fraction of sp³-hybridized carbons (Fsp3) is 0.240. The molecule has 0 aliphatic rings. The molecular weight excluding hydrogens is 627 g/mol. The Morgan fingerprint density at radius 1 is 1.05 bits per heavy atom. The molecule has 4 rings (SSSR count). The van der Waals surface area contributed by atoms with Gasteiger partial charge >= 0.3 is 18.0 Å². The maximum atomic E-state index is 14.4. The van der Waals surface area contributed by atoms with Gasteiger partial charge in [-0.1, -0.05) is 11.6 Å². The first-order chi connectivity index (χ1) is 20.5. The van der Waals surface area contributed by atoms with Crippen molar-refractivity contribution in [1.82, 2.24) is 35.1 Å². The zero-order chi connectivity index (χ0) is 32.6. The Kier molecular flexibility index (Phi) is 8.37. The van der Waals surface area contributed by atoms with Crippen molar-refractivity contribution in [2.24, 2.45) is 0 Å². The average molecular weight is 644 g/mol. The van der Waals surface area contributed by atoms with Crippen molar-refractivity contribution in [3.63, 3.8) is 0 Å². The quantitative estimate of drug-likeness (QED) is 0.279. The predicted octanol–water partition coefficient (Wildman–Crippen LogP) is 4.64. The number of carbonyl (C=O) groups excluding carboxylic acids is 2. The summed E-state index contributed by atoms with van der Waals surface area (Å²) in [5, 5.41) is 24.7. The number of benzene rings is 1. The molecule has 0 unspecified atom stereocenters. The number of aryl methyl sites for hydroxylation is 1. The number of nitrogens with zero attached hydrogens (tertiary/aromatic N) is 7. The highest BCUT2D eigenvalue weighted by atomic mass is 35.5. The summed E-state index contributed by atoms with van der Waals surface area (Å²) in [6.07, 6.45) is -11.5. The van der Waals surface area contributed by atoms with Crippen molar-refractivity contribution in [3.8, 4) is 11.9 Å². The summed E-state index contributed by atoms with van der Waals surface area (Å²) in [4.78, 5) is 30.4. The van der Waals surface area contributed by atoms with Gasteiger partial charge in [0, 0.05) is 13.2 Å². The summed E-state index contributed by atoms with van der Waals surface area (Å²) in [7, 11) is 1.33. The summed E-state index contributed by atoms with van der Waals surface area (Å²) in [6.45, 7) is 0.803. The smallest absolute Gasteiger partial charge is 0.355 e. The zero-order valence-electron chi connectivity index (χ0n) is 22.2. The van der Waals surface area contributed by atoms with E-state index in [2.05, 4.69) is 30.9 Å². The van der Waals surface area contributed by atoms with E-state index in [9.17, 15) is 45.6 Å². The number of anilines is 1.